The summed E-state index contributed by atoms with van der Waals surface area (Å²) < 4.78 is 10.5. The SMILES string of the molecule is CCCC(=O)Nc1ccccc1NC(=O)c1c(OC)cccc1OC. The van der Waals surface area contributed by atoms with E-state index in [9.17, 15) is 9.59 Å². The van der Waals surface area contributed by atoms with Crippen LogP contribution in [0.2, 0.25) is 0 Å². The molecule has 0 aliphatic heterocycles. The van der Waals surface area contributed by atoms with Gasteiger partial charge in [-0.15, -0.1) is 0 Å². The van der Waals surface area contributed by atoms with Gasteiger partial charge in [0.05, 0.1) is 25.6 Å². The van der Waals surface area contributed by atoms with Gasteiger partial charge >= 0.3 is 0 Å². The van der Waals surface area contributed by atoms with Crippen molar-refractivity contribution in [3.8, 4) is 11.5 Å². The molecule has 0 spiro atoms. The maximum absolute atomic E-state index is 12.8. The van der Waals surface area contributed by atoms with Crippen LogP contribution in [0.1, 0.15) is 30.1 Å². The minimum Gasteiger partial charge on any atom is -0.496 e. The molecule has 0 saturated heterocycles. The summed E-state index contributed by atoms with van der Waals surface area (Å²) in [7, 11) is 2.98. The van der Waals surface area contributed by atoms with Crippen LogP contribution >= 0.6 is 0 Å². The van der Waals surface area contributed by atoms with E-state index in [4.69, 9.17) is 9.47 Å². The van der Waals surface area contributed by atoms with Crippen LogP contribution < -0.4 is 20.1 Å². The highest BCUT2D eigenvalue weighted by Gasteiger charge is 2.19. The number of hydrogen-bond donors (Lipinski definition) is 2. The fourth-order valence-electron chi connectivity index (χ4n) is 2.40. The van der Waals surface area contributed by atoms with Gasteiger partial charge in [-0.25, -0.2) is 0 Å². The molecule has 0 aromatic heterocycles. The fraction of sp³-hybridized carbons (Fsp3) is 0.263. The number of carbonyl (C=O) groups is 2. The largest absolute Gasteiger partial charge is 0.496 e. The third-order valence-electron chi connectivity index (χ3n) is 3.58. The number of benzene rings is 2. The predicted octanol–water partition coefficient (Wildman–Crippen LogP) is 3.69. The van der Waals surface area contributed by atoms with Crippen molar-refractivity contribution in [3.63, 3.8) is 0 Å². The lowest BCUT2D eigenvalue weighted by Gasteiger charge is -2.15. The zero-order chi connectivity index (χ0) is 18.2. The van der Waals surface area contributed by atoms with Gasteiger partial charge in [0.2, 0.25) is 5.91 Å². The second-order valence-corrected chi connectivity index (χ2v) is 5.34. The number of ether oxygens (including phenoxy) is 2. The van der Waals surface area contributed by atoms with E-state index in [0.717, 1.165) is 6.42 Å². The van der Waals surface area contributed by atoms with Crippen LogP contribution in [-0.2, 0) is 4.79 Å². The molecule has 132 valence electrons. The van der Waals surface area contributed by atoms with Crippen molar-refractivity contribution >= 4 is 23.2 Å². The molecule has 0 saturated carbocycles. The summed E-state index contributed by atoms with van der Waals surface area (Å²) in [4.78, 5) is 24.6. The molecule has 2 aromatic carbocycles. The topological polar surface area (TPSA) is 76.7 Å². The Morgan fingerprint density at radius 3 is 1.96 bits per heavy atom. The van der Waals surface area contributed by atoms with Crippen LogP contribution in [0.4, 0.5) is 11.4 Å². The van der Waals surface area contributed by atoms with Crippen molar-refractivity contribution in [2.75, 3.05) is 24.9 Å². The summed E-state index contributed by atoms with van der Waals surface area (Å²) in [6.07, 6.45) is 1.17. The van der Waals surface area contributed by atoms with E-state index in [0.29, 0.717) is 34.9 Å². The van der Waals surface area contributed by atoms with Crippen LogP contribution in [-0.4, -0.2) is 26.0 Å². The standard InChI is InChI=1S/C19H22N2O4/c1-4-8-17(22)20-13-9-5-6-10-14(13)21-19(23)18-15(24-2)11-7-12-16(18)25-3/h5-7,9-12H,4,8H2,1-3H3,(H,20,22)(H,21,23). The second-order valence-electron chi connectivity index (χ2n) is 5.34. The summed E-state index contributed by atoms with van der Waals surface area (Å²) in [6.45, 7) is 1.93. The van der Waals surface area contributed by atoms with E-state index in [-0.39, 0.29) is 11.8 Å². The van der Waals surface area contributed by atoms with E-state index in [1.807, 2.05) is 6.92 Å². The monoisotopic (exact) mass is 342 g/mol. The Morgan fingerprint density at radius 2 is 1.44 bits per heavy atom. The number of nitrogens with one attached hydrogen (secondary N) is 2. The van der Waals surface area contributed by atoms with Gasteiger partial charge in [0.1, 0.15) is 17.1 Å². The Morgan fingerprint density at radius 1 is 0.880 bits per heavy atom. The van der Waals surface area contributed by atoms with Gasteiger partial charge < -0.3 is 20.1 Å². The number of para-hydroxylation sites is 2. The highest BCUT2D eigenvalue weighted by Crippen LogP contribution is 2.30. The van der Waals surface area contributed by atoms with E-state index in [2.05, 4.69) is 10.6 Å². The average molecular weight is 342 g/mol. The van der Waals surface area contributed by atoms with Crippen molar-refractivity contribution < 1.29 is 19.1 Å². The molecule has 2 N–H and O–H groups in total. The first-order valence-corrected chi connectivity index (χ1v) is 8.02. The van der Waals surface area contributed by atoms with Gasteiger partial charge in [0.15, 0.2) is 0 Å². The molecule has 2 amide bonds. The Balaban J connectivity index is 2.29. The summed E-state index contributed by atoms with van der Waals surface area (Å²) in [6, 6.07) is 12.2. The number of hydrogen-bond acceptors (Lipinski definition) is 4. The van der Waals surface area contributed by atoms with Crippen LogP contribution in [0.25, 0.3) is 0 Å². The molecule has 0 atom stereocenters. The molecule has 25 heavy (non-hydrogen) atoms. The molecule has 0 aliphatic rings. The van der Waals surface area contributed by atoms with E-state index >= 15 is 0 Å². The highest BCUT2D eigenvalue weighted by molar-refractivity contribution is 6.10. The minimum absolute atomic E-state index is 0.0981. The van der Waals surface area contributed by atoms with Crippen molar-refractivity contribution in [2.24, 2.45) is 0 Å². The summed E-state index contributed by atoms with van der Waals surface area (Å²) >= 11 is 0. The zero-order valence-electron chi connectivity index (χ0n) is 14.6. The Labute approximate surface area is 147 Å². The van der Waals surface area contributed by atoms with Gasteiger partial charge in [-0.2, -0.15) is 0 Å². The Kier molecular flexibility index (Phi) is 6.39. The molecule has 2 aromatic rings. The predicted molar refractivity (Wildman–Crippen MR) is 97.5 cm³/mol. The van der Waals surface area contributed by atoms with Gasteiger partial charge in [-0.3, -0.25) is 9.59 Å². The Hall–Kier alpha value is -3.02. The molecular weight excluding hydrogens is 320 g/mol. The molecule has 0 heterocycles. The van der Waals surface area contributed by atoms with E-state index in [1.54, 1.807) is 42.5 Å². The lowest BCUT2D eigenvalue weighted by atomic mass is 10.1. The van der Waals surface area contributed by atoms with Gasteiger partial charge in [-0.05, 0) is 30.7 Å². The third-order valence-corrected chi connectivity index (χ3v) is 3.58. The number of carbonyl (C=O) groups excluding carboxylic acids is 2. The highest BCUT2D eigenvalue weighted by atomic mass is 16.5. The lowest BCUT2D eigenvalue weighted by Crippen LogP contribution is -2.17. The maximum Gasteiger partial charge on any atom is 0.263 e. The quantitative estimate of drug-likeness (QED) is 0.804. The van der Waals surface area contributed by atoms with Crippen molar-refractivity contribution in [2.45, 2.75) is 19.8 Å². The van der Waals surface area contributed by atoms with Crippen molar-refractivity contribution in [3.05, 3.63) is 48.0 Å². The van der Waals surface area contributed by atoms with Gasteiger partial charge in [-0.1, -0.05) is 25.1 Å². The van der Waals surface area contributed by atoms with Crippen LogP contribution in [0, 0.1) is 0 Å². The number of anilines is 2. The molecule has 6 nitrogen and oxygen atoms in total. The minimum atomic E-state index is -0.383. The Bertz CT molecular complexity index is 737. The normalized spacial score (nSPS) is 10.0. The first kappa shape index (κ1) is 18.3. The van der Waals surface area contributed by atoms with Crippen molar-refractivity contribution in [1.29, 1.82) is 0 Å². The molecule has 0 bridgehead atoms. The van der Waals surface area contributed by atoms with Crippen LogP contribution in [0.3, 0.4) is 0 Å². The molecule has 6 heteroatoms. The third kappa shape index (κ3) is 4.50. The smallest absolute Gasteiger partial charge is 0.263 e. The van der Waals surface area contributed by atoms with E-state index < -0.39 is 0 Å². The first-order chi connectivity index (χ1) is 12.1. The first-order valence-electron chi connectivity index (χ1n) is 8.02. The fourth-order valence-corrected chi connectivity index (χ4v) is 2.40. The molecule has 0 fully saturated rings. The zero-order valence-corrected chi connectivity index (χ0v) is 14.6. The lowest BCUT2D eigenvalue weighted by molar-refractivity contribution is -0.116. The molecule has 0 aliphatic carbocycles. The number of rotatable bonds is 7. The van der Waals surface area contributed by atoms with Crippen LogP contribution in [0.15, 0.2) is 42.5 Å². The van der Waals surface area contributed by atoms with E-state index in [1.165, 1.54) is 14.2 Å². The summed E-state index contributed by atoms with van der Waals surface area (Å²) in [5.41, 5.74) is 1.34. The summed E-state index contributed by atoms with van der Waals surface area (Å²) in [5, 5.41) is 5.62. The van der Waals surface area contributed by atoms with Crippen molar-refractivity contribution in [1.82, 2.24) is 0 Å². The van der Waals surface area contributed by atoms with Gasteiger partial charge in [0, 0.05) is 6.42 Å². The number of amides is 2. The van der Waals surface area contributed by atoms with Gasteiger partial charge in [0.25, 0.3) is 5.91 Å². The molecule has 0 unspecified atom stereocenters. The second kappa shape index (κ2) is 8.73. The number of methoxy groups -OCH3 is 2. The maximum atomic E-state index is 12.8. The summed E-state index contributed by atoms with van der Waals surface area (Å²) in [5.74, 6) is 0.333. The molecular formula is C19H22N2O4. The van der Waals surface area contributed by atoms with Crippen LogP contribution in [0.5, 0.6) is 11.5 Å². The molecule has 0 radical (unpaired) electrons. The molecule has 2 rings (SSSR count). The average Bonchev–Trinajstić information content (AvgIpc) is 2.62.